The van der Waals surface area contributed by atoms with Gasteiger partial charge in [0.1, 0.15) is 39.6 Å². The molecule has 11 nitrogen and oxygen atoms in total. The van der Waals surface area contributed by atoms with Crippen molar-refractivity contribution in [1.29, 1.82) is 0 Å². The molecule has 282 valence electrons. The first kappa shape index (κ1) is 34.8. The van der Waals surface area contributed by atoms with Gasteiger partial charge in [0.15, 0.2) is 5.82 Å². The van der Waals surface area contributed by atoms with Gasteiger partial charge >= 0.3 is 6.01 Å². The van der Waals surface area contributed by atoms with Crippen LogP contribution >= 0.6 is 0 Å². The number of aromatic nitrogens is 3. The van der Waals surface area contributed by atoms with Gasteiger partial charge in [-0.2, -0.15) is 9.97 Å². The van der Waals surface area contributed by atoms with Crippen LogP contribution in [0.3, 0.4) is 0 Å². The van der Waals surface area contributed by atoms with Crippen molar-refractivity contribution in [1.82, 2.24) is 19.9 Å². The molecule has 0 radical (unpaired) electrons. The fourth-order valence-corrected chi connectivity index (χ4v) is 10.1. The number of halogens is 2. The average Bonchev–Trinajstić information content (AvgIpc) is 3.67. The molecule has 2 N–H and O–H groups in total. The molecular formula is C40H47F2N5O6. The van der Waals surface area contributed by atoms with E-state index in [9.17, 15) is 10.2 Å². The smallest absolute Gasteiger partial charge is 0.319 e. The van der Waals surface area contributed by atoms with Gasteiger partial charge in [-0.15, -0.1) is 0 Å². The van der Waals surface area contributed by atoms with E-state index >= 15 is 8.78 Å². The Kier molecular flexibility index (Phi) is 8.83. The third kappa shape index (κ3) is 6.23. The fourth-order valence-electron chi connectivity index (χ4n) is 10.1. The third-order valence-corrected chi connectivity index (χ3v) is 12.4. The number of nitrogens with zero attached hydrogens (tertiary/aromatic N) is 5. The van der Waals surface area contributed by atoms with E-state index in [1.54, 1.807) is 13.0 Å². The molecular weight excluding hydrogens is 684 g/mol. The van der Waals surface area contributed by atoms with E-state index in [-0.39, 0.29) is 63.8 Å². The van der Waals surface area contributed by atoms with Gasteiger partial charge in [-0.25, -0.2) is 13.8 Å². The first-order chi connectivity index (χ1) is 25.6. The minimum absolute atomic E-state index is 0.00335. The summed E-state index contributed by atoms with van der Waals surface area (Å²) in [6, 6.07) is 8.06. The highest BCUT2D eigenvalue weighted by Gasteiger charge is 2.51. The minimum atomic E-state index is -1.23. The number of piperidine rings is 1. The van der Waals surface area contributed by atoms with Crippen molar-refractivity contribution in [2.45, 2.75) is 94.6 Å². The Hall–Kier alpha value is -3.91. The molecule has 1 saturated carbocycles. The molecule has 0 amide bonds. The summed E-state index contributed by atoms with van der Waals surface area (Å²) in [5.41, 5.74) is -1.61. The van der Waals surface area contributed by atoms with Gasteiger partial charge in [0.05, 0.1) is 45.7 Å². The lowest BCUT2D eigenvalue weighted by Crippen LogP contribution is -2.57. The van der Waals surface area contributed by atoms with E-state index in [2.05, 4.69) is 9.88 Å². The molecule has 1 aliphatic carbocycles. The van der Waals surface area contributed by atoms with Crippen LogP contribution in [0.5, 0.6) is 17.6 Å². The average molecular weight is 732 g/mol. The lowest BCUT2D eigenvalue weighted by Gasteiger charge is -2.50. The Labute approximate surface area is 307 Å². The number of aromatic hydroxyl groups is 1. The molecule has 5 aliphatic rings. The predicted octanol–water partition coefficient (Wildman–Crippen LogP) is 6.15. The molecule has 4 saturated heterocycles. The number of phenolic OH excluding ortho intramolecular Hbond substituents is 1. The molecule has 5 atom stereocenters. The quantitative estimate of drug-likeness (QED) is 0.228. The molecule has 4 aromatic rings. The maximum absolute atomic E-state index is 17.2. The van der Waals surface area contributed by atoms with Gasteiger partial charge in [0.25, 0.3) is 0 Å². The van der Waals surface area contributed by atoms with E-state index in [0.717, 1.165) is 64.3 Å². The van der Waals surface area contributed by atoms with Crippen LogP contribution in [0, 0.1) is 17.0 Å². The fraction of sp³-hybridized carbons (Fsp3) is 0.575. The number of anilines is 1. The topological polar surface area (TPSA) is 123 Å². The monoisotopic (exact) mass is 731 g/mol. The minimum Gasteiger partial charge on any atom is -0.508 e. The number of ether oxygens (including phenoxy) is 4. The zero-order chi connectivity index (χ0) is 36.5. The largest absolute Gasteiger partial charge is 0.508 e. The van der Waals surface area contributed by atoms with Crippen LogP contribution in [-0.4, -0.2) is 107 Å². The second-order valence-corrected chi connectivity index (χ2v) is 16.1. The molecule has 2 aromatic carbocycles. The van der Waals surface area contributed by atoms with Gasteiger partial charge in [-0.1, -0.05) is 18.6 Å². The summed E-state index contributed by atoms with van der Waals surface area (Å²) >= 11 is 0. The Balaban J connectivity index is 1.14. The third-order valence-electron chi connectivity index (χ3n) is 12.4. The molecule has 0 spiro atoms. The molecule has 9 rings (SSSR count). The Morgan fingerprint density at radius 1 is 1.00 bits per heavy atom. The Bertz CT molecular complexity index is 2040. The highest BCUT2D eigenvalue weighted by atomic mass is 19.1. The Morgan fingerprint density at radius 2 is 1.81 bits per heavy atom. The van der Waals surface area contributed by atoms with E-state index in [4.69, 9.17) is 28.9 Å². The molecule has 6 heterocycles. The van der Waals surface area contributed by atoms with Gasteiger partial charge in [0, 0.05) is 35.0 Å². The molecule has 13 heteroatoms. The number of hydrogen-bond acceptors (Lipinski definition) is 11. The summed E-state index contributed by atoms with van der Waals surface area (Å²) in [6.45, 7) is 4.06. The number of methoxy groups -OCH3 is 1. The molecule has 2 aromatic heterocycles. The van der Waals surface area contributed by atoms with E-state index < -0.39 is 17.2 Å². The summed E-state index contributed by atoms with van der Waals surface area (Å²) in [5.74, 6) is -1.29. The van der Waals surface area contributed by atoms with Crippen molar-refractivity contribution in [3.05, 3.63) is 42.0 Å². The van der Waals surface area contributed by atoms with Crippen LogP contribution in [-0.2, 0) is 9.47 Å². The number of aliphatic hydroxyl groups is 1. The van der Waals surface area contributed by atoms with Crippen LogP contribution in [0.15, 0.2) is 30.3 Å². The molecule has 53 heavy (non-hydrogen) atoms. The maximum Gasteiger partial charge on any atom is 0.319 e. The van der Waals surface area contributed by atoms with E-state index in [0.29, 0.717) is 55.3 Å². The first-order valence-electron chi connectivity index (χ1n) is 19.1. The van der Waals surface area contributed by atoms with Gasteiger partial charge in [-0.05, 0) is 88.4 Å². The Morgan fingerprint density at radius 3 is 2.62 bits per heavy atom. The number of benzene rings is 2. The van der Waals surface area contributed by atoms with Crippen LogP contribution in [0.25, 0.3) is 32.9 Å². The summed E-state index contributed by atoms with van der Waals surface area (Å²) in [6.07, 6.45) is 10.6. The van der Waals surface area contributed by atoms with Crippen molar-refractivity contribution < 1.29 is 37.9 Å². The second-order valence-electron chi connectivity index (χ2n) is 16.1. The van der Waals surface area contributed by atoms with Crippen molar-refractivity contribution in [3.63, 3.8) is 0 Å². The van der Waals surface area contributed by atoms with E-state index in [1.165, 1.54) is 31.4 Å². The van der Waals surface area contributed by atoms with Crippen molar-refractivity contribution in [2.24, 2.45) is 5.41 Å². The number of pyridine rings is 1. The van der Waals surface area contributed by atoms with Gasteiger partial charge < -0.3 is 34.1 Å². The standard InChI is InChI=1S/C40H47F2N5O6/c1-39(49)20-46(14-15-51-21-39)36-32-35(33(42)34(43-37(32)50-2)28-19-25(48)16-23-6-3-7-29(41)31(23)28)44-38(45-36)52-22-40-11-4-8-30(40)47(13-5-12-40)24-17-26-9-10-27(18-24)53-26/h3,6-7,16,19,24,26-27,30,48-49H,4-5,8-15,17-18,20-22H2,1-2H3/t24?,26?,27?,30-,39+,40-/m1/s1. The molecule has 2 unspecified atom stereocenters. The summed E-state index contributed by atoms with van der Waals surface area (Å²) in [4.78, 5) is 18.8. The van der Waals surface area contributed by atoms with Crippen LogP contribution in [0.2, 0.25) is 0 Å². The predicted molar refractivity (Wildman–Crippen MR) is 194 cm³/mol. The van der Waals surface area contributed by atoms with Gasteiger partial charge in [-0.3, -0.25) is 4.90 Å². The summed E-state index contributed by atoms with van der Waals surface area (Å²) in [7, 11) is 1.42. The van der Waals surface area contributed by atoms with Crippen LogP contribution in [0.1, 0.15) is 64.7 Å². The number of phenols is 1. The number of hydrogen-bond donors (Lipinski definition) is 2. The van der Waals surface area contributed by atoms with Gasteiger partial charge in [0.2, 0.25) is 5.88 Å². The second kappa shape index (κ2) is 13.4. The summed E-state index contributed by atoms with van der Waals surface area (Å²) in [5, 5.41) is 22.5. The lowest BCUT2D eigenvalue weighted by molar-refractivity contribution is -0.0798. The van der Waals surface area contributed by atoms with E-state index in [1.807, 2.05) is 4.90 Å². The van der Waals surface area contributed by atoms with Crippen LogP contribution in [0.4, 0.5) is 14.6 Å². The highest BCUT2D eigenvalue weighted by molar-refractivity contribution is 6.02. The zero-order valence-electron chi connectivity index (χ0n) is 30.3. The van der Waals surface area contributed by atoms with Crippen molar-refractivity contribution in [2.75, 3.05) is 51.5 Å². The molecule has 2 bridgehead atoms. The molecule has 5 fully saturated rings. The number of rotatable bonds is 7. The maximum atomic E-state index is 17.2. The SMILES string of the molecule is COc1nc(-c2cc(O)cc3cccc(F)c23)c(F)c2nc(OC[C@]34CCC[C@H]3N(C3CC5CCC(C3)O5)CCC4)nc(N3CCOC[C@@](C)(O)C3)c12. The van der Waals surface area contributed by atoms with Crippen LogP contribution < -0.4 is 14.4 Å². The van der Waals surface area contributed by atoms with Crippen molar-refractivity contribution >= 4 is 27.5 Å². The number of β-amino-alcohol motifs (C(OH)–C–C–N with tert-alkyl or cyclic N) is 1. The zero-order valence-corrected chi connectivity index (χ0v) is 30.3. The number of likely N-dealkylation sites (tertiary alicyclic amines) is 1. The summed E-state index contributed by atoms with van der Waals surface area (Å²) < 4.78 is 56.9. The first-order valence-corrected chi connectivity index (χ1v) is 19.1. The highest BCUT2D eigenvalue weighted by Crippen LogP contribution is 2.51. The van der Waals surface area contributed by atoms with Crippen molar-refractivity contribution in [3.8, 4) is 28.9 Å². The molecule has 4 aliphatic heterocycles. The lowest BCUT2D eigenvalue weighted by atomic mass is 9.74. The normalized spacial score (nSPS) is 30.5. The number of fused-ring (bicyclic) bond motifs is 5.